The molecule has 2 saturated heterocycles. The molecule has 1 aromatic carbocycles. The number of aliphatic hydroxyl groups is 1. The van der Waals surface area contributed by atoms with Crippen molar-refractivity contribution in [3.05, 3.63) is 34.9 Å². The molecule has 2 aliphatic heterocycles. The van der Waals surface area contributed by atoms with E-state index in [0.29, 0.717) is 17.6 Å². The van der Waals surface area contributed by atoms with Gasteiger partial charge in [-0.25, -0.2) is 0 Å². The molecule has 2 atom stereocenters. The molecule has 2 fully saturated rings. The van der Waals surface area contributed by atoms with Crippen LogP contribution in [0.4, 0.5) is 0 Å². The number of aliphatic hydroxyl groups excluding tert-OH is 1. The Bertz CT molecular complexity index is 462. The van der Waals surface area contributed by atoms with Gasteiger partial charge >= 0.3 is 0 Å². The maximum absolute atomic E-state index is 10.5. The van der Waals surface area contributed by atoms with Gasteiger partial charge in [-0.05, 0) is 51.4 Å². The van der Waals surface area contributed by atoms with Crippen molar-refractivity contribution in [1.29, 1.82) is 0 Å². The third-order valence-corrected chi connectivity index (χ3v) is 5.18. The Morgan fingerprint density at radius 3 is 2.67 bits per heavy atom. The van der Waals surface area contributed by atoms with Crippen molar-refractivity contribution >= 4 is 11.6 Å². The quantitative estimate of drug-likeness (QED) is 0.926. The minimum Gasteiger partial charge on any atom is -0.387 e. The summed E-state index contributed by atoms with van der Waals surface area (Å²) in [5, 5.41) is 11.1. The average molecular weight is 309 g/mol. The fraction of sp³-hybridized carbons (Fsp3) is 0.647. The predicted molar refractivity (Wildman–Crippen MR) is 86.7 cm³/mol. The molecular weight excluding hydrogens is 284 g/mol. The van der Waals surface area contributed by atoms with Crippen LogP contribution in [0.1, 0.15) is 37.4 Å². The molecule has 0 aromatic heterocycles. The Balaban J connectivity index is 1.58. The number of hydrogen-bond donors (Lipinski definition) is 1. The highest BCUT2D eigenvalue weighted by molar-refractivity contribution is 6.31. The molecule has 0 bridgehead atoms. The molecule has 3 nitrogen and oxygen atoms in total. The number of halogens is 1. The number of hydrogen-bond acceptors (Lipinski definition) is 3. The standard InChI is InChI=1S/C17H25ClN2O/c18-16-8-2-1-7-15(16)17(21)13-19-9-5-6-14(12-19)20-10-3-4-11-20/h1-2,7-8,14,17,21H,3-6,9-13H2. The summed E-state index contributed by atoms with van der Waals surface area (Å²) < 4.78 is 0. The van der Waals surface area contributed by atoms with E-state index in [9.17, 15) is 5.11 Å². The molecular formula is C17H25ClN2O. The van der Waals surface area contributed by atoms with Gasteiger partial charge in [0.05, 0.1) is 6.10 Å². The van der Waals surface area contributed by atoms with E-state index in [0.717, 1.165) is 18.7 Å². The van der Waals surface area contributed by atoms with E-state index in [2.05, 4.69) is 9.80 Å². The second-order valence-corrected chi connectivity index (χ2v) is 6.74. The SMILES string of the molecule is OC(CN1CCCC(N2CCCC2)C1)c1ccccc1Cl. The van der Waals surface area contributed by atoms with Gasteiger partial charge in [-0.2, -0.15) is 0 Å². The number of β-amino-alcohol motifs (C(OH)–C–C–N with tert-alkyl or cyclic N) is 1. The highest BCUT2D eigenvalue weighted by atomic mass is 35.5. The normalized spacial score (nSPS) is 26.1. The Hall–Kier alpha value is -0.610. The minimum absolute atomic E-state index is 0.490. The Kier molecular flexibility index (Phi) is 5.17. The van der Waals surface area contributed by atoms with E-state index in [-0.39, 0.29) is 0 Å². The number of rotatable bonds is 4. The van der Waals surface area contributed by atoms with Crippen molar-refractivity contribution in [2.75, 3.05) is 32.7 Å². The topological polar surface area (TPSA) is 26.7 Å². The molecule has 1 N–H and O–H groups in total. The second kappa shape index (κ2) is 7.10. The van der Waals surface area contributed by atoms with E-state index in [1.807, 2.05) is 24.3 Å². The summed E-state index contributed by atoms with van der Waals surface area (Å²) >= 11 is 6.18. The molecule has 4 heteroatoms. The van der Waals surface area contributed by atoms with Crippen LogP contribution in [-0.4, -0.2) is 53.7 Å². The highest BCUT2D eigenvalue weighted by Gasteiger charge is 2.28. The van der Waals surface area contributed by atoms with Crippen LogP contribution in [0.15, 0.2) is 24.3 Å². The van der Waals surface area contributed by atoms with Crippen molar-refractivity contribution in [2.24, 2.45) is 0 Å². The molecule has 2 unspecified atom stereocenters. The van der Waals surface area contributed by atoms with Crippen molar-refractivity contribution in [2.45, 2.75) is 37.8 Å². The smallest absolute Gasteiger partial charge is 0.0931 e. The average Bonchev–Trinajstić information content (AvgIpc) is 3.02. The van der Waals surface area contributed by atoms with Crippen LogP contribution in [0.2, 0.25) is 5.02 Å². The second-order valence-electron chi connectivity index (χ2n) is 6.34. The summed E-state index contributed by atoms with van der Waals surface area (Å²) in [6, 6.07) is 8.30. The first-order valence-corrected chi connectivity index (χ1v) is 8.51. The maximum atomic E-state index is 10.5. The summed E-state index contributed by atoms with van der Waals surface area (Å²) in [6.45, 7) is 5.37. The van der Waals surface area contributed by atoms with Crippen molar-refractivity contribution in [3.63, 3.8) is 0 Å². The van der Waals surface area contributed by atoms with Gasteiger partial charge in [-0.1, -0.05) is 29.8 Å². The number of benzene rings is 1. The van der Waals surface area contributed by atoms with E-state index in [4.69, 9.17) is 11.6 Å². The van der Waals surface area contributed by atoms with Gasteiger partial charge in [0, 0.05) is 29.7 Å². The van der Waals surface area contributed by atoms with E-state index in [1.165, 1.54) is 38.8 Å². The molecule has 0 aliphatic carbocycles. The van der Waals surface area contributed by atoms with Crippen LogP contribution in [-0.2, 0) is 0 Å². The molecule has 116 valence electrons. The summed E-state index contributed by atoms with van der Waals surface area (Å²) in [4.78, 5) is 5.04. The third-order valence-electron chi connectivity index (χ3n) is 4.83. The van der Waals surface area contributed by atoms with Crippen molar-refractivity contribution in [3.8, 4) is 0 Å². The van der Waals surface area contributed by atoms with Gasteiger partial charge in [-0.3, -0.25) is 9.80 Å². The lowest BCUT2D eigenvalue weighted by Crippen LogP contribution is -2.47. The van der Waals surface area contributed by atoms with Crippen LogP contribution in [0.3, 0.4) is 0 Å². The number of nitrogens with zero attached hydrogens (tertiary/aromatic N) is 2. The molecule has 2 heterocycles. The molecule has 0 amide bonds. The van der Waals surface area contributed by atoms with Crippen LogP contribution in [0, 0.1) is 0 Å². The van der Waals surface area contributed by atoms with E-state index in [1.54, 1.807) is 0 Å². The maximum Gasteiger partial charge on any atom is 0.0931 e. The molecule has 3 rings (SSSR count). The first-order chi connectivity index (χ1) is 10.2. The zero-order chi connectivity index (χ0) is 14.7. The zero-order valence-electron chi connectivity index (χ0n) is 12.5. The Morgan fingerprint density at radius 2 is 1.90 bits per heavy atom. The van der Waals surface area contributed by atoms with Gasteiger partial charge in [0.25, 0.3) is 0 Å². The molecule has 0 radical (unpaired) electrons. The summed E-state index contributed by atoms with van der Waals surface area (Å²) in [5.74, 6) is 0. The molecule has 2 aliphatic rings. The zero-order valence-corrected chi connectivity index (χ0v) is 13.3. The number of piperidine rings is 1. The van der Waals surface area contributed by atoms with Gasteiger partial charge in [0.15, 0.2) is 0 Å². The van der Waals surface area contributed by atoms with Crippen LogP contribution in [0.25, 0.3) is 0 Å². The molecule has 1 aromatic rings. The highest BCUT2D eigenvalue weighted by Crippen LogP contribution is 2.26. The van der Waals surface area contributed by atoms with E-state index >= 15 is 0 Å². The predicted octanol–water partition coefficient (Wildman–Crippen LogP) is 2.93. The van der Waals surface area contributed by atoms with Gasteiger partial charge < -0.3 is 5.11 Å². The van der Waals surface area contributed by atoms with Crippen LogP contribution < -0.4 is 0 Å². The lowest BCUT2D eigenvalue weighted by molar-refractivity contribution is 0.0651. The minimum atomic E-state index is -0.490. The van der Waals surface area contributed by atoms with Gasteiger partial charge in [0.2, 0.25) is 0 Å². The first kappa shape index (κ1) is 15.3. The number of likely N-dealkylation sites (tertiary alicyclic amines) is 2. The van der Waals surface area contributed by atoms with Crippen LogP contribution >= 0.6 is 11.6 Å². The van der Waals surface area contributed by atoms with Gasteiger partial charge in [-0.15, -0.1) is 0 Å². The lowest BCUT2D eigenvalue weighted by Gasteiger charge is -2.38. The van der Waals surface area contributed by atoms with E-state index < -0.39 is 6.10 Å². The molecule has 21 heavy (non-hydrogen) atoms. The summed E-state index contributed by atoms with van der Waals surface area (Å²) in [6.07, 6.45) is 4.74. The van der Waals surface area contributed by atoms with Crippen molar-refractivity contribution < 1.29 is 5.11 Å². The third kappa shape index (κ3) is 3.78. The lowest BCUT2D eigenvalue weighted by atomic mass is 10.0. The fourth-order valence-corrected chi connectivity index (χ4v) is 3.95. The molecule has 0 saturated carbocycles. The monoisotopic (exact) mass is 308 g/mol. The van der Waals surface area contributed by atoms with Crippen LogP contribution in [0.5, 0.6) is 0 Å². The summed E-state index contributed by atoms with van der Waals surface area (Å²) in [5.41, 5.74) is 0.850. The summed E-state index contributed by atoms with van der Waals surface area (Å²) in [7, 11) is 0. The van der Waals surface area contributed by atoms with Gasteiger partial charge in [0.1, 0.15) is 0 Å². The Labute approximate surface area is 132 Å². The fourth-order valence-electron chi connectivity index (χ4n) is 3.69. The Morgan fingerprint density at radius 1 is 1.14 bits per heavy atom. The molecule has 0 spiro atoms. The van der Waals surface area contributed by atoms with Crippen molar-refractivity contribution in [1.82, 2.24) is 9.80 Å². The largest absolute Gasteiger partial charge is 0.387 e. The first-order valence-electron chi connectivity index (χ1n) is 8.13.